The summed E-state index contributed by atoms with van der Waals surface area (Å²) in [7, 11) is 0. The standard InChI is InChI=1S/C11H12S2/c1-7-4-5-9-11(8(7)2)10(12-3)6-13-9/h4-6H,1-3H3. The van der Waals surface area contributed by atoms with E-state index in [1.807, 2.05) is 23.1 Å². The predicted molar refractivity (Wildman–Crippen MR) is 63.1 cm³/mol. The molecule has 2 rings (SSSR count). The molecule has 0 N–H and O–H groups in total. The lowest BCUT2D eigenvalue weighted by molar-refractivity contribution is 1.37. The van der Waals surface area contributed by atoms with Gasteiger partial charge in [0.15, 0.2) is 0 Å². The topological polar surface area (TPSA) is 0 Å². The van der Waals surface area contributed by atoms with E-state index in [0.717, 1.165) is 0 Å². The van der Waals surface area contributed by atoms with E-state index in [4.69, 9.17) is 0 Å². The van der Waals surface area contributed by atoms with Gasteiger partial charge in [0.05, 0.1) is 0 Å². The fourth-order valence-electron chi connectivity index (χ4n) is 1.52. The van der Waals surface area contributed by atoms with Crippen molar-refractivity contribution < 1.29 is 0 Å². The van der Waals surface area contributed by atoms with E-state index in [9.17, 15) is 0 Å². The Morgan fingerprint density at radius 3 is 2.69 bits per heavy atom. The number of fused-ring (bicyclic) bond motifs is 1. The van der Waals surface area contributed by atoms with E-state index < -0.39 is 0 Å². The van der Waals surface area contributed by atoms with Crippen LogP contribution < -0.4 is 0 Å². The first-order valence-corrected chi connectivity index (χ1v) is 6.36. The highest BCUT2D eigenvalue weighted by atomic mass is 32.2. The van der Waals surface area contributed by atoms with Gasteiger partial charge < -0.3 is 0 Å². The van der Waals surface area contributed by atoms with Crippen LogP contribution in [0.1, 0.15) is 11.1 Å². The first-order chi connectivity index (χ1) is 6.24. The second kappa shape index (κ2) is 3.35. The van der Waals surface area contributed by atoms with Gasteiger partial charge >= 0.3 is 0 Å². The molecular weight excluding hydrogens is 196 g/mol. The zero-order valence-corrected chi connectivity index (χ0v) is 9.68. The van der Waals surface area contributed by atoms with Gasteiger partial charge in [-0.15, -0.1) is 23.1 Å². The maximum absolute atomic E-state index is 2.25. The molecule has 1 heterocycles. The third-order valence-corrected chi connectivity index (χ3v) is 4.32. The maximum Gasteiger partial charge on any atom is 0.0357 e. The highest BCUT2D eigenvalue weighted by molar-refractivity contribution is 7.99. The molecule has 2 heteroatoms. The zero-order valence-electron chi connectivity index (χ0n) is 8.05. The number of hydrogen-bond acceptors (Lipinski definition) is 2. The molecule has 0 aliphatic carbocycles. The minimum absolute atomic E-state index is 1.39. The molecule has 13 heavy (non-hydrogen) atoms. The van der Waals surface area contributed by atoms with Crippen LogP contribution in [0.15, 0.2) is 22.4 Å². The Bertz CT molecular complexity index is 441. The zero-order chi connectivity index (χ0) is 9.42. The van der Waals surface area contributed by atoms with Crippen molar-refractivity contribution in [1.82, 2.24) is 0 Å². The fraction of sp³-hybridized carbons (Fsp3) is 0.273. The molecule has 0 atom stereocenters. The fourth-order valence-corrected chi connectivity index (χ4v) is 3.46. The van der Waals surface area contributed by atoms with Gasteiger partial charge in [-0.05, 0) is 37.3 Å². The average Bonchev–Trinajstić information content (AvgIpc) is 2.55. The quantitative estimate of drug-likeness (QED) is 0.632. The van der Waals surface area contributed by atoms with E-state index in [-0.39, 0.29) is 0 Å². The lowest BCUT2D eigenvalue weighted by Crippen LogP contribution is -1.80. The molecule has 0 amide bonds. The SMILES string of the molecule is CSc1csc2ccc(C)c(C)c12. The van der Waals surface area contributed by atoms with Gasteiger partial charge in [-0.3, -0.25) is 0 Å². The monoisotopic (exact) mass is 208 g/mol. The summed E-state index contributed by atoms with van der Waals surface area (Å²) in [5.41, 5.74) is 2.82. The van der Waals surface area contributed by atoms with Gasteiger partial charge in [0.25, 0.3) is 0 Å². The molecule has 0 saturated carbocycles. The Kier molecular flexibility index (Phi) is 2.35. The van der Waals surface area contributed by atoms with Crippen molar-refractivity contribution in [3.8, 4) is 0 Å². The van der Waals surface area contributed by atoms with E-state index in [0.29, 0.717) is 0 Å². The number of thioether (sulfide) groups is 1. The Hall–Kier alpha value is -0.470. The van der Waals surface area contributed by atoms with Crippen molar-refractivity contribution in [1.29, 1.82) is 0 Å². The Labute approximate surface area is 87.0 Å². The largest absolute Gasteiger partial charge is 0.143 e. The molecular formula is C11H12S2. The van der Waals surface area contributed by atoms with Crippen molar-refractivity contribution in [2.24, 2.45) is 0 Å². The Morgan fingerprint density at radius 1 is 1.23 bits per heavy atom. The van der Waals surface area contributed by atoms with Gasteiger partial charge in [-0.1, -0.05) is 6.07 Å². The summed E-state index contributed by atoms with van der Waals surface area (Å²) in [6, 6.07) is 4.43. The molecule has 0 unspecified atom stereocenters. The normalized spacial score (nSPS) is 11.0. The molecule has 0 aliphatic heterocycles. The minimum atomic E-state index is 1.39. The van der Waals surface area contributed by atoms with Crippen molar-refractivity contribution >= 4 is 33.2 Å². The van der Waals surface area contributed by atoms with Crippen molar-refractivity contribution in [2.45, 2.75) is 18.7 Å². The molecule has 0 saturated heterocycles. The van der Waals surface area contributed by atoms with Crippen LogP contribution in [0.25, 0.3) is 10.1 Å². The minimum Gasteiger partial charge on any atom is -0.143 e. The first kappa shape index (κ1) is 9.10. The third kappa shape index (κ3) is 1.38. The van der Waals surface area contributed by atoms with E-state index in [1.165, 1.54) is 26.1 Å². The number of aryl methyl sites for hydroxylation is 2. The molecule has 1 aromatic heterocycles. The highest BCUT2D eigenvalue weighted by Crippen LogP contribution is 2.35. The van der Waals surface area contributed by atoms with E-state index >= 15 is 0 Å². The molecule has 0 nitrogen and oxygen atoms in total. The number of thiophene rings is 1. The average molecular weight is 208 g/mol. The van der Waals surface area contributed by atoms with E-state index in [2.05, 4.69) is 37.6 Å². The van der Waals surface area contributed by atoms with Gasteiger partial charge in [0.2, 0.25) is 0 Å². The molecule has 0 aliphatic rings. The summed E-state index contributed by atoms with van der Waals surface area (Å²) in [5.74, 6) is 0. The second-order valence-electron chi connectivity index (χ2n) is 3.18. The Balaban J connectivity index is 2.85. The first-order valence-electron chi connectivity index (χ1n) is 4.25. The molecule has 0 radical (unpaired) electrons. The van der Waals surface area contributed by atoms with Crippen LogP contribution in [0.5, 0.6) is 0 Å². The third-order valence-electron chi connectivity index (χ3n) is 2.46. The van der Waals surface area contributed by atoms with Crippen molar-refractivity contribution in [3.63, 3.8) is 0 Å². The van der Waals surface area contributed by atoms with Crippen LogP contribution in [0.4, 0.5) is 0 Å². The molecule has 0 spiro atoms. The van der Waals surface area contributed by atoms with Gasteiger partial charge in [0, 0.05) is 20.4 Å². The number of benzene rings is 1. The lowest BCUT2D eigenvalue weighted by Gasteiger charge is -2.02. The second-order valence-corrected chi connectivity index (χ2v) is 4.94. The van der Waals surface area contributed by atoms with Crippen LogP contribution >= 0.6 is 23.1 Å². The van der Waals surface area contributed by atoms with E-state index in [1.54, 1.807) is 0 Å². The highest BCUT2D eigenvalue weighted by Gasteiger charge is 2.06. The summed E-state index contributed by atoms with van der Waals surface area (Å²) in [6.07, 6.45) is 2.14. The van der Waals surface area contributed by atoms with Crippen LogP contribution in [-0.2, 0) is 0 Å². The molecule has 2 aromatic rings. The number of hydrogen-bond donors (Lipinski definition) is 0. The lowest BCUT2D eigenvalue weighted by atomic mass is 10.1. The maximum atomic E-state index is 2.25. The van der Waals surface area contributed by atoms with Crippen molar-refractivity contribution in [3.05, 3.63) is 28.6 Å². The van der Waals surface area contributed by atoms with Crippen molar-refractivity contribution in [2.75, 3.05) is 6.26 Å². The number of rotatable bonds is 1. The smallest absolute Gasteiger partial charge is 0.0357 e. The Morgan fingerprint density at radius 2 is 2.00 bits per heavy atom. The predicted octanol–water partition coefficient (Wildman–Crippen LogP) is 4.24. The summed E-state index contributed by atoms with van der Waals surface area (Å²) in [4.78, 5) is 1.42. The van der Waals surface area contributed by atoms with Gasteiger partial charge in [-0.25, -0.2) is 0 Å². The molecule has 68 valence electrons. The summed E-state index contributed by atoms with van der Waals surface area (Å²) < 4.78 is 1.41. The van der Waals surface area contributed by atoms with Crippen LogP contribution in [0.2, 0.25) is 0 Å². The molecule has 0 fully saturated rings. The van der Waals surface area contributed by atoms with Gasteiger partial charge in [-0.2, -0.15) is 0 Å². The van der Waals surface area contributed by atoms with Crippen LogP contribution in [-0.4, -0.2) is 6.26 Å². The van der Waals surface area contributed by atoms with Crippen LogP contribution in [0, 0.1) is 13.8 Å². The molecule has 0 bridgehead atoms. The summed E-state index contributed by atoms with van der Waals surface area (Å²) in [6.45, 7) is 4.39. The molecule has 1 aromatic carbocycles. The summed E-state index contributed by atoms with van der Waals surface area (Å²) in [5, 5.41) is 3.71. The van der Waals surface area contributed by atoms with Crippen LogP contribution in [0.3, 0.4) is 0 Å². The van der Waals surface area contributed by atoms with Gasteiger partial charge in [0.1, 0.15) is 0 Å². The summed E-state index contributed by atoms with van der Waals surface area (Å²) >= 11 is 3.68.